The summed E-state index contributed by atoms with van der Waals surface area (Å²) in [6, 6.07) is 21.2. The van der Waals surface area contributed by atoms with E-state index in [0.717, 1.165) is 16.3 Å². The van der Waals surface area contributed by atoms with Crippen molar-refractivity contribution in [2.24, 2.45) is 0 Å². The van der Waals surface area contributed by atoms with Crippen molar-refractivity contribution in [1.29, 1.82) is 0 Å². The van der Waals surface area contributed by atoms with Crippen molar-refractivity contribution in [3.05, 3.63) is 101 Å². The molecule has 0 aliphatic rings. The molecule has 2 amide bonds. The van der Waals surface area contributed by atoms with Gasteiger partial charge in [0.25, 0.3) is 15.7 Å². The highest BCUT2D eigenvalue weighted by molar-refractivity contribution is 7.92. The summed E-state index contributed by atoms with van der Waals surface area (Å²) in [5, 5.41) is 13.9. The summed E-state index contributed by atoms with van der Waals surface area (Å²) in [5.74, 6) is -0.922. The van der Waals surface area contributed by atoms with Gasteiger partial charge in [-0.25, -0.2) is 8.42 Å². The molecule has 0 bridgehead atoms. The number of nitro benzene ring substituents is 1. The van der Waals surface area contributed by atoms with E-state index in [9.17, 15) is 28.1 Å². The number of carbonyl (C=O) groups is 2. The Morgan fingerprint density at radius 2 is 1.54 bits per heavy atom. The second-order valence-corrected chi connectivity index (χ2v) is 10.8. The predicted octanol–water partition coefficient (Wildman–Crippen LogP) is 3.78. The van der Waals surface area contributed by atoms with E-state index in [1.165, 1.54) is 41.3 Å². The van der Waals surface area contributed by atoms with E-state index >= 15 is 0 Å². The maximum absolute atomic E-state index is 13.8. The van der Waals surface area contributed by atoms with Crippen LogP contribution < -0.4 is 9.62 Å². The van der Waals surface area contributed by atoms with E-state index in [2.05, 4.69) is 5.32 Å². The van der Waals surface area contributed by atoms with Gasteiger partial charge in [-0.3, -0.25) is 24.0 Å². The minimum absolute atomic E-state index is 0.0410. The molecule has 0 heterocycles. The van der Waals surface area contributed by atoms with Crippen LogP contribution in [0.4, 0.5) is 11.4 Å². The van der Waals surface area contributed by atoms with Crippen molar-refractivity contribution in [3.8, 4) is 0 Å². The topological polar surface area (TPSA) is 130 Å². The van der Waals surface area contributed by atoms with Crippen LogP contribution >= 0.6 is 0 Å². The lowest BCUT2D eigenvalue weighted by molar-refractivity contribution is -0.384. The zero-order chi connectivity index (χ0) is 28.4. The Kier molecular flexibility index (Phi) is 10.2. The summed E-state index contributed by atoms with van der Waals surface area (Å²) < 4.78 is 28.3. The molecule has 0 saturated heterocycles. The van der Waals surface area contributed by atoms with E-state index in [-0.39, 0.29) is 28.7 Å². The molecule has 1 N–H and O–H groups in total. The van der Waals surface area contributed by atoms with Crippen LogP contribution in [0.5, 0.6) is 0 Å². The van der Waals surface area contributed by atoms with Crippen LogP contribution in [-0.4, -0.2) is 55.7 Å². The molecule has 39 heavy (non-hydrogen) atoms. The lowest BCUT2D eigenvalue weighted by atomic mass is 10.1. The lowest BCUT2D eigenvalue weighted by Gasteiger charge is -2.32. The second-order valence-electron chi connectivity index (χ2n) is 8.89. The summed E-state index contributed by atoms with van der Waals surface area (Å²) in [5.41, 5.74) is 0.831. The summed E-state index contributed by atoms with van der Waals surface area (Å²) in [4.78, 5) is 38.5. The molecule has 0 fully saturated rings. The number of carbonyl (C=O) groups excluding carboxylic acids is 2. The van der Waals surface area contributed by atoms with E-state index in [1.54, 1.807) is 25.1 Å². The Hall–Kier alpha value is -4.25. The van der Waals surface area contributed by atoms with Gasteiger partial charge >= 0.3 is 0 Å². The molecule has 1 atom stereocenters. The first kappa shape index (κ1) is 29.3. The fraction of sp³-hybridized carbons (Fsp3) is 0.286. The highest BCUT2D eigenvalue weighted by Crippen LogP contribution is 2.26. The van der Waals surface area contributed by atoms with Gasteiger partial charge in [-0.15, -0.1) is 0 Å². The molecule has 11 heteroatoms. The minimum atomic E-state index is -4.23. The zero-order valence-electron chi connectivity index (χ0n) is 21.9. The summed E-state index contributed by atoms with van der Waals surface area (Å²) in [6.07, 6.45) is 1.18. The number of benzene rings is 3. The van der Waals surface area contributed by atoms with Crippen molar-refractivity contribution >= 4 is 33.2 Å². The highest BCUT2D eigenvalue weighted by atomic mass is 32.2. The first-order valence-corrected chi connectivity index (χ1v) is 14.0. The molecule has 206 valence electrons. The highest BCUT2D eigenvalue weighted by Gasteiger charge is 2.32. The van der Waals surface area contributed by atoms with Gasteiger partial charge in [-0.05, 0) is 49.6 Å². The Balaban J connectivity index is 1.97. The normalized spacial score (nSPS) is 11.8. The number of non-ortho nitro benzene ring substituents is 1. The van der Waals surface area contributed by atoms with E-state index in [1.807, 2.05) is 37.3 Å². The molecule has 3 aromatic rings. The third-order valence-electron chi connectivity index (χ3n) is 6.16. The maximum Gasteiger partial charge on any atom is 0.269 e. The van der Waals surface area contributed by atoms with Crippen molar-refractivity contribution in [2.75, 3.05) is 23.9 Å². The van der Waals surface area contributed by atoms with Gasteiger partial charge in [0.2, 0.25) is 11.8 Å². The number of hydrogen-bond donors (Lipinski definition) is 1. The molecular formula is C28H32N4O6S. The number of hydrogen-bond acceptors (Lipinski definition) is 6. The van der Waals surface area contributed by atoms with Gasteiger partial charge in [0.1, 0.15) is 12.6 Å². The third-order valence-corrected chi connectivity index (χ3v) is 7.95. The molecule has 0 aromatic heterocycles. The number of sulfonamides is 1. The standard InChI is InChI=1S/C28H32N4O6S/c1-3-19-29-28(34)22(2)30(20-18-23-10-6-4-7-11-23)27(33)21-31(24-14-16-25(17-15-24)32(35)36)39(37,38)26-12-8-5-9-13-26/h4-17,22H,3,18-21H2,1-2H3,(H,29,34). The monoisotopic (exact) mass is 552 g/mol. The molecule has 10 nitrogen and oxygen atoms in total. The molecule has 0 spiro atoms. The smallest absolute Gasteiger partial charge is 0.269 e. The van der Waals surface area contributed by atoms with E-state index in [0.29, 0.717) is 13.0 Å². The Labute approximate surface area is 228 Å². The molecule has 3 aromatic carbocycles. The molecular weight excluding hydrogens is 520 g/mol. The van der Waals surface area contributed by atoms with E-state index in [4.69, 9.17) is 0 Å². The van der Waals surface area contributed by atoms with Crippen molar-refractivity contribution in [2.45, 2.75) is 37.6 Å². The molecule has 0 radical (unpaired) electrons. The molecule has 0 saturated carbocycles. The number of nitrogens with one attached hydrogen (secondary N) is 1. The second kappa shape index (κ2) is 13.5. The summed E-state index contributed by atoms with van der Waals surface area (Å²) in [6.45, 7) is 3.55. The van der Waals surface area contributed by atoms with Gasteiger partial charge < -0.3 is 10.2 Å². The average Bonchev–Trinajstić information content (AvgIpc) is 2.95. The van der Waals surface area contributed by atoms with Gasteiger partial charge in [-0.1, -0.05) is 55.5 Å². The Bertz CT molecular complexity index is 1370. The number of nitro groups is 1. The fourth-order valence-electron chi connectivity index (χ4n) is 3.96. The van der Waals surface area contributed by atoms with Crippen LogP contribution in [0, 0.1) is 10.1 Å². The van der Waals surface area contributed by atoms with Crippen LogP contribution in [0.1, 0.15) is 25.8 Å². The quantitative estimate of drug-likeness (QED) is 0.254. The minimum Gasteiger partial charge on any atom is -0.354 e. The molecule has 0 aliphatic heterocycles. The Morgan fingerprint density at radius 3 is 2.10 bits per heavy atom. The molecule has 3 rings (SSSR count). The summed E-state index contributed by atoms with van der Waals surface area (Å²) >= 11 is 0. The van der Waals surface area contributed by atoms with Gasteiger partial charge in [0.05, 0.1) is 15.5 Å². The largest absolute Gasteiger partial charge is 0.354 e. The van der Waals surface area contributed by atoms with Crippen molar-refractivity contribution in [1.82, 2.24) is 10.2 Å². The van der Waals surface area contributed by atoms with Crippen LogP contribution in [0.25, 0.3) is 0 Å². The zero-order valence-corrected chi connectivity index (χ0v) is 22.7. The third kappa shape index (κ3) is 7.64. The first-order chi connectivity index (χ1) is 18.6. The van der Waals surface area contributed by atoms with Gasteiger partial charge in [0, 0.05) is 25.2 Å². The average molecular weight is 553 g/mol. The number of amides is 2. The number of anilines is 1. The van der Waals surface area contributed by atoms with Crippen LogP contribution in [0.3, 0.4) is 0 Å². The molecule has 0 aliphatic carbocycles. The predicted molar refractivity (Wildman–Crippen MR) is 149 cm³/mol. The van der Waals surface area contributed by atoms with Crippen LogP contribution in [-0.2, 0) is 26.0 Å². The van der Waals surface area contributed by atoms with E-state index < -0.39 is 33.4 Å². The van der Waals surface area contributed by atoms with Crippen LogP contribution in [0.2, 0.25) is 0 Å². The van der Waals surface area contributed by atoms with Gasteiger partial charge in [-0.2, -0.15) is 0 Å². The van der Waals surface area contributed by atoms with Crippen LogP contribution in [0.15, 0.2) is 89.8 Å². The van der Waals surface area contributed by atoms with Crippen molar-refractivity contribution < 1.29 is 22.9 Å². The lowest BCUT2D eigenvalue weighted by Crippen LogP contribution is -2.52. The SMILES string of the molecule is CCCNC(=O)C(C)N(CCc1ccccc1)C(=O)CN(c1ccc([N+](=O)[O-])cc1)S(=O)(=O)c1ccccc1. The maximum atomic E-state index is 13.8. The number of nitrogens with zero attached hydrogens (tertiary/aromatic N) is 3. The molecule has 1 unspecified atom stereocenters. The van der Waals surface area contributed by atoms with Gasteiger partial charge in [0.15, 0.2) is 0 Å². The fourth-order valence-corrected chi connectivity index (χ4v) is 5.39. The van der Waals surface area contributed by atoms with Crippen molar-refractivity contribution in [3.63, 3.8) is 0 Å². The first-order valence-electron chi connectivity index (χ1n) is 12.6. The Morgan fingerprint density at radius 1 is 0.949 bits per heavy atom. The summed E-state index contributed by atoms with van der Waals surface area (Å²) in [7, 11) is -4.23. The number of rotatable bonds is 13.